The van der Waals surface area contributed by atoms with Crippen molar-refractivity contribution in [3.05, 3.63) is 51.3 Å². The molecule has 0 saturated carbocycles. The molecule has 1 atom stereocenters. The van der Waals surface area contributed by atoms with Gasteiger partial charge in [0.15, 0.2) is 0 Å². The van der Waals surface area contributed by atoms with Gasteiger partial charge in [0, 0.05) is 18.5 Å². The molecule has 2 heterocycles. The minimum absolute atomic E-state index is 0.0157. The van der Waals surface area contributed by atoms with Crippen molar-refractivity contribution in [1.29, 1.82) is 5.26 Å². The van der Waals surface area contributed by atoms with Crippen LogP contribution in [0, 0.1) is 11.3 Å². The third kappa shape index (κ3) is 4.29. The van der Waals surface area contributed by atoms with Crippen molar-refractivity contribution < 1.29 is 19.1 Å². The molecule has 0 saturated heterocycles. The smallest absolute Gasteiger partial charge is 0.329 e. The number of nitrogens with zero attached hydrogens (tertiary/aromatic N) is 2. The zero-order valence-electron chi connectivity index (χ0n) is 15.9. The fourth-order valence-corrected chi connectivity index (χ4v) is 3.71. The van der Waals surface area contributed by atoms with Gasteiger partial charge in [0.05, 0.1) is 29.3 Å². The molecule has 1 unspecified atom stereocenters. The van der Waals surface area contributed by atoms with Crippen LogP contribution in [-0.4, -0.2) is 47.7 Å². The summed E-state index contributed by atoms with van der Waals surface area (Å²) >= 11 is 0.854. The van der Waals surface area contributed by atoms with Gasteiger partial charge in [-0.15, -0.1) is 11.3 Å². The van der Waals surface area contributed by atoms with E-state index < -0.39 is 23.8 Å². The van der Waals surface area contributed by atoms with Gasteiger partial charge in [-0.3, -0.25) is 14.7 Å². The summed E-state index contributed by atoms with van der Waals surface area (Å²) in [5.74, 6) is -1.81. The number of carbonyl (C=O) groups excluding carboxylic acids is 3. The number of nitriles is 1. The first kappa shape index (κ1) is 21.0. The largest absolute Gasteiger partial charge is 0.467 e. The van der Waals surface area contributed by atoms with E-state index in [1.165, 1.54) is 13.2 Å². The molecular weight excluding hydrogens is 408 g/mol. The molecule has 2 amide bonds. The number of thiophene rings is 1. The molecule has 10 nitrogen and oxygen atoms in total. The number of nitrogens with two attached hydrogens (primary N) is 1. The zero-order valence-corrected chi connectivity index (χ0v) is 16.7. The van der Waals surface area contributed by atoms with Crippen molar-refractivity contribution in [2.75, 3.05) is 13.7 Å². The van der Waals surface area contributed by atoms with Gasteiger partial charge in [-0.05, 0) is 17.7 Å². The summed E-state index contributed by atoms with van der Waals surface area (Å²) in [5.41, 5.74) is 7.23. The lowest BCUT2D eigenvalue weighted by atomic mass is 10.1. The highest BCUT2D eigenvalue weighted by Crippen LogP contribution is 2.23. The van der Waals surface area contributed by atoms with Gasteiger partial charge in [-0.25, -0.2) is 4.79 Å². The van der Waals surface area contributed by atoms with E-state index in [-0.39, 0.29) is 28.4 Å². The molecule has 0 aliphatic carbocycles. The number of hydrogen-bond acceptors (Lipinski definition) is 8. The van der Waals surface area contributed by atoms with Crippen molar-refractivity contribution >= 4 is 40.0 Å². The van der Waals surface area contributed by atoms with Gasteiger partial charge < -0.3 is 21.1 Å². The molecule has 154 valence electrons. The molecule has 1 aromatic carbocycles. The number of carbonyl (C=O) groups is 3. The molecule has 30 heavy (non-hydrogen) atoms. The first-order chi connectivity index (χ1) is 14.5. The second-order valence-corrected chi connectivity index (χ2v) is 7.23. The van der Waals surface area contributed by atoms with E-state index in [9.17, 15) is 19.6 Å². The summed E-state index contributed by atoms with van der Waals surface area (Å²) in [6.45, 7) is 0.0766. The number of methoxy groups -OCH3 is 1. The van der Waals surface area contributed by atoms with Gasteiger partial charge in [-0.1, -0.05) is 12.1 Å². The molecule has 0 aliphatic rings. The summed E-state index contributed by atoms with van der Waals surface area (Å²) in [7, 11) is 1.18. The molecule has 3 rings (SSSR count). The third-order valence-electron chi connectivity index (χ3n) is 4.32. The van der Waals surface area contributed by atoms with Crippen molar-refractivity contribution in [2.24, 2.45) is 5.73 Å². The van der Waals surface area contributed by atoms with Crippen LogP contribution >= 0.6 is 11.3 Å². The fourth-order valence-electron chi connectivity index (χ4n) is 2.78. The number of amides is 2. The summed E-state index contributed by atoms with van der Waals surface area (Å²) < 4.78 is 4.57. The number of esters is 1. The molecule has 0 radical (unpaired) electrons. The van der Waals surface area contributed by atoms with Crippen LogP contribution in [-0.2, 0) is 16.1 Å². The van der Waals surface area contributed by atoms with Crippen LogP contribution in [0.5, 0.6) is 0 Å². The van der Waals surface area contributed by atoms with E-state index in [0.29, 0.717) is 0 Å². The average molecular weight is 426 g/mol. The summed E-state index contributed by atoms with van der Waals surface area (Å²) in [6, 6.07) is 7.76. The molecule has 11 heteroatoms. The van der Waals surface area contributed by atoms with Crippen LogP contribution in [0.15, 0.2) is 30.5 Å². The Morgan fingerprint density at radius 1 is 1.37 bits per heavy atom. The van der Waals surface area contributed by atoms with Gasteiger partial charge >= 0.3 is 5.97 Å². The van der Waals surface area contributed by atoms with Gasteiger partial charge in [0.2, 0.25) is 0 Å². The van der Waals surface area contributed by atoms with Crippen LogP contribution in [0.1, 0.15) is 30.5 Å². The number of hydrogen-bond donors (Lipinski definition) is 4. The molecule has 2 aromatic heterocycles. The summed E-state index contributed by atoms with van der Waals surface area (Å²) in [5, 5.41) is 22.2. The lowest BCUT2D eigenvalue weighted by Crippen LogP contribution is -2.46. The fraction of sp³-hybridized carbons (Fsp3) is 0.211. The third-order valence-corrected chi connectivity index (χ3v) is 5.46. The van der Waals surface area contributed by atoms with E-state index in [1.807, 2.05) is 24.3 Å². The van der Waals surface area contributed by atoms with Crippen molar-refractivity contribution in [3.63, 3.8) is 0 Å². The Labute approximate surface area is 175 Å². The number of fused-ring (bicyclic) bond motifs is 1. The Balaban J connectivity index is 1.74. The van der Waals surface area contributed by atoms with E-state index in [2.05, 4.69) is 25.6 Å². The van der Waals surface area contributed by atoms with Crippen LogP contribution in [0.2, 0.25) is 0 Å². The second-order valence-electron chi connectivity index (χ2n) is 6.18. The first-order valence-corrected chi connectivity index (χ1v) is 9.62. The lowest BCUT2D eigenvalue weighted by Gasteiger charge is -2.13. The number of ether oxygens (including phenoxy) is 1. The number of benzene rings is 1. The minimum atomic E-state index is -1.05. The number of rotatable bonds is 7. The SMILES string of the molecule is COC(=O)C(CN)NC(=O)c1sc(C(=O)NCc2cccc3[nH]ncc23)cc1C#N. The molecule has 5 N–H and O–H groups in total. The highest BCUT2D eigenvalue weighted by molar-refractivity contribution is 7.16. The highest BCUT2D eigenvalue weighted by Gasteiger charge is 2.25. The Morgan fingerprint density at radius 2 is 2.17 bits per heavy atom. The molecule has 0 aliphatic heterocycles. The Morgan fingerprint density at radius 3 is 2.87 bits per heavy atom. The van der Waals surface area contributed by atoms with Crippen molar-refractivity contribution in [3.8, 4) is 6.07 Å². The number of H-pyrrole nitrogens is 1. The van der Waals surface area contributed by atoms with Crippen LogP contribution in [0.4, 0.5) is 0 Å². The van der Waals surface area contributed by atoms with Crippen LogP contribution in [0.25, 0.3) is 10.9 Å². The number of nitrogens with one attached hydrogen (secondary N) is 3. The normalized spacial score (nSPS) is 11.5. The van der Waals surface area contributed by atoms with Gasteiger partial charge in [0.1, 0.15) is 17.0 Å². The standard InChI is InChI=1S/C19H18N6O4S/c1-29-19(28)14(7-21)24-18(27)16-11(6-20)5-15(30-16)17(26)22-8-10-3-2-4-13-12(10)9-23-25-13/h2-5,9,14H,7-8,21H2,1H3,(H,22,26)(H,23,25)(H,24,27). The zero-order chi connectivity index (χ0) is 21.7. The van der Waals surface area contributed by atoms with E-state index in [4.69, 9.17) is 5.73 Å². The number of aromatic amines is 1. The predicted molar refractivity (Wildman–Crippen MR) is 109 cm³/mol. The van der Waals surface area contributed by atoms with Gasteiger partial charge in [-0.2, -0.15) is 10.4 Å². The van der Waals surface area contributed by atoms with E-state index in [0.717, 1.165) is 27.8 Å². The summed E-state index contributed by atoms with van der Waals surface area (Å²) in [4.78, 5) is 36.9. The molecule has 0 bridgehead atoms. The molecule has 0 fully saturated rings. The maximum atomic E-state index is 12.6. The Hall–Kier alpha value is -3.75. The van der Waals surface area contributed by atoms with Crippen molar-refractivity contribution in [1.82, 2.24) is 20.8 Å². The van der Waals surface area contributed by atoms with Crippen LogP contribution in [0.3, 0.4) is 0 Å². The maximum absolute atomic E-state index is 12.6. The minimum Gasteiger partial charge on any atom is -0.467 e. The van der Waals surface area contributed by atoms with E-state index >= 15 is 0 Å². The Kier molecular flexibility index (Phi) is 6.41. The Bertz CT molecular complexity index is 1150. The summed E-state index contributed by atoms with van der Waals surface area (Å²) in [6.07, 6.45) is 1.67. The molecular formula is C19H18N6O4S. The molecule has 3 aromatic rings. The van der Waals surface area contributed by atoms with Crippen LogP contribution < -0.4 is 16.4 Å². The molecule has 0 spiro atoms. The lowest BCUT2D eigenvalue weighted by molar-refractivity contribution is -0.142. The first-order valence-electron chi connectivity index (χ1n) is 8.80. The maximum Gasteiger partial charge on any atom is 0.329 e. The predicted octanol–water partition coefficient (Wildman–Crippen LogP) is 0.656. The van der Waals surface area contributed by atoms with E-state index in [1.54, 1.807) is 6.20 Å². The average Bonchev–Trinajstić information content (AvgIpc) is 3.42. The quantitative estimate of drug-likeness (QED) is 0.403. The number of aromatic nitrogens is 2. The monoisotopic (exact) mass is 426 g/mol. The highest BCUT2D eigenvalue weighted by atomic mass is 32.1. The topological polar surface area (TPSA) is 163 Å². The van der Waals surface area contributed by atoms with Gasteiger partial charge in [0.25, 0.3) is 11.8 Å². The second kappa shape index (κ2) is 9.17. The van der Waals surface area contributed by atoms with Crippen molar-refractivity contribution in [2.45, 2.75) is 12.6 Å².